The fourth-order valence-electron chi connectivity index (χ4n) is 1.38. The summed E-state index contributed by atoms with van der Waals surface area (Å²) in [4.78, 5) is 1.50. The molecule has 0 fully saturated rings. The van der Waals surface area contributed by atoms with Gasteiger partial charge in [0.05, 0.1) is 6.04 Å². The van der Waals surface area contributed by atoms with E-state index in [1.54, 1.807) is 0 Å². The van der Waals surface area contributed by atoms with Gasteiger partial charge in [-0.1, -0.05) is 6.92 Å². The number of rotatable bonds is 5. The van der Waals surface area contributed by atoms with Gasteiger partial charge in [0.15, 0.2) is 0 Å². The van der Waals surface area contributed by atoms with Crippen molar-refractivity contribution in [2.75, 3.05) is 18.6 Å². The number of hydrogen-bond acceptors (Lipinski definition) is 3. The molecule has 1 aromatic heterocycles. The summed E-state index contributed by atoms with van der Waals surface area (Å²) in [5, 5.41) is 5.69. The first-order valence-corrected chi connectivity index (χ1v) is 6.83. The number of aryl methyl sites for hydroxylation is 1. The van der Waals surface area contributed by atoms with E-state index in [1.807, 2.05) is 23.1 Å². The minimum atomic E-state index is 0.542. The van der Waals surface area contributed by atoms with Crippen LogP contribution < -0.4 is 5.32 Å². The van der Waals surface area contributed by atoms with Gasteiger partial charge in [0.1, 0.15) is 0 Å². The molecule has 1 atom stereocenters. The lowest BCUT2D eigenvalue weighted by molar-refractivity contribution is 0.613. The van der Waals surface area contributed by atoms with E-state index in [0.717, 1.165) is 12.3 Å². The Morgan fingerprint density at radius 1 is 1.62 bits per heavy atom. The van der Waals surface area contributed by atoms with Crippen LogP contribution in [-0.2, 0) is 0 Å². The van der Waals surface area contributed by atoms with E-state index >= 15 is 0 Å². The Morgan fingerprint density at radius 2 is 2.38 bits per heavy atom. The molecule has 0 amide bonds. The van der Waals surface area contributed by atoms with Gasteiger partial charge in [-0.05, 0) is 36.7 Å². The van der Waals surface area contributed by atoms with Crippen molar-refractivity contribution in [2.24, 2.45) is 0 Å². The predicted octanol–water partition coefficient (Wildman–Crippen LogP) is 3.07. The summed E-state index contributed by atoms with van der Waals surface area (Å²) in [5.74, 6) is 1.16. The summed E-state index contributed by atoms with van der Waals surface area (Å²) in [6.45, 7) is 5.40. The van der Waals surface area contributed by atoms with Crippen LogP contribution in [0, 0.1) is 6.92 Å². The summed E-state index contributed by atoms with van der Waals surface area (Å²) >= 11 is 3.76. The van der Waals surface area contributed by atoms with Crippen LogP contribution >= 0.6 is 23.1 Å². The molecule has 0 aliphatic carbocycles. The van der Waals surface area contributed by atoms with Crippen molar-refractivity contribution in [2.45, 2.75) is 19.9 Å². The predicted molar refractivity (Wildman–Crippen MR) is 63.9 cm³/mol. The van der Waals surface area contributed by atoms with Crippen molar-refractivity contribution in [3.8, 4) is 0 Å². The van der Waals surface area contributed by atoms with Crippen LogP contribution in [0.1, 0.15) is 23.4 Å². The van der Waals surface area contributed by atoms with Gasteiger partial charge < -0.3 is 5.32 Å². The van der Waals surface area contributed by atoms with Gasteiger partial charge in [0.2, 0.25) is 0 Å². The zero-order valence-corrected chi connectivity index (χ0v) is 10.1. The minimum absolute atomic E-state index is 0.542. The molecule has 0 saturated carbocycles. The molecule has 1 rings (SSSR count). The van der Waals surface area contributed by atoms with E-state index in [1.165, 1.54) is 10.4 Å². The Bertz CT molecular complexity index is 239. The molecule has 0 radical (unpaired) electrons. The van der Waals surface area contributed by atoms with Crippen LogP contribution in [0.25, 0.3) is 0 Å². The molecule has 3 heteroatoms. The number of nitrogens with one attached hydrogen (secondary N) is 1. The number of thiophene rings is 1. The van der Waals surface area contributed by atoms with Crippen molar-refractivity contribution in [1.29, 1.82) is 0 Å². The molecule has 1 heterocycles. The number of thioether (sulfide) groups is 1. The van der Waals surface area contributed by atoms with Crippen LogP contribution in [0.4, 0.5) is 0 Å². The molecule has 13 heavy (non-hydrogen) atoms. The summed E-state index contributed by atoms with van der Waals surface area (Å²) < 4.78 is 0. The third-order valence-corrected chi connectivity index (χ3v) is 3.80. The van der Waals surface area contributed by atoms with Gasteiger partial charge in [-0.3, -0.25) is 0 Å². The molecular formula is C10H17NS2. The largest absolute Gasteiger partial charge is 0.309 e. The molecule has 0 aliphatic heterocycles. The van der Waals surface area contributed by atoms with Crippen LogP contribution in [-0.4, -0.2) is 18.6 Å². The van der Waals surface area contributed by atoms with Gasteiger partial charge in [-0.25, -0.2) is 0 Å². The molecule has 0 aliphatic rings. The lowest BCUT2D eigenvalue weighted by Crippen LogP contribution is -2.22. The lowest BCUT2D eigenvalue weighted by atomic mass is 10.2. The maximum absolute atomic E-state index is 3.52. The van der Waals surface area contributed by atoms with E-state index in [-0.39, 0.29) is 0 Å². The summed E-state index contributed by atoms with van der Waals surface area (Å²) in [5.41, 5.74) is 1.42. The zero-order chi connectivity index (χ0) is 9.68. The van der Waals surface area contributed by atoms with Gasteiger partial charge in [0.25, 0.3) is 0 Å². The second-order valence-corrected chi connectivity index (χ2v) is 4.89. The standard InChI is InChI=1S/C10H17NS2/c1-4-11-9(7-12-3)10-8(2)5-6-13-10/h5-6,9,11H,4,7H2,1-3H3. The first-order chi connectivity index (χ1) is 6.29. The fourth-order valence-corrected chi connectivity index (χ4v) is 3.11. The highest BCUT2D eigenvalue weighted by molar-refractivity contribution is 7.98. The molecule has 0 spiro atoms. The van der Waals surface area contributed by atoms with Gasteiger partial charge in [0, 0.05) is 10.6 Å². The van der Waals surface area contributed by atoms with E-state index < -0.39 is 0 Å². The lowest BCUT2D eigenvalue weighted by Gasteiger charge is -2.16. The molecular weight excluding hydrogens is 198 g/mol. The average molecular weight is 215 g/mol. The smallest absolute Gasteiger partial charge is 0.0509 e. The van der Waals surface area contributed by atoms with E-state index in [2.05, 4.69) is 36.9 Å². The van der Waals surface area contributed by atoms with Crippen LogP contribution in [0.5, 0.6) is 0 Å². The van der Waals surface area contributed by atoms with Crippen LogP contribution in [0.2, 0.25) is 0 Å². The molecule has 1 N–H and O–H groups in total. The van der Waals surface area contributed by atoms with Crippen LogP contribution in [0.15, 0.2) is 11.4 Å². The van der Waals surface area contributed by atoms with Gasteiger partial charge in [-0.2, -0.15) is 11.8 Å². The van der Waals surface area contributed by atoms with Crippen LogP contribution in [0.3, 0.4) is 0 Å². The third kappa shape index (κ3) is 3.01. The van der Waals surface area contributed by atoms with Crippen molar-refractivity contribution in [1.82, 2.24) is 5.32 Å². The molecule has 0 aromatic carbocycles. The molecule has 74 valence electrons. The highest BCUT2D eigenvalue weighted by Gasteiger charge is 2.12. The van der Waals surface area contributed by atoms with Crippen molar-refractivity contribution in [3.05, 3.63) is 21.9 Å². The van der Waals surface area contributed by atoms with Gasteiger partial charge in [-0.15, -0.1) is 11.3 Å². The molecule has 1 aromatic rings. The third-order valence-electron chi connectivity index (χ3n) is 2.00. The highest BCUT2D eigenvalue weighted by atomic mass is 32.2. The average Bonchev–Trinajstić information content (AvgIpc) is 2.51. The quantitative estimate of drug-likeness (QED) is 0.810. The molecule has 0 bridgehead atoms. The normalized spacial score (nSPS) is 13.2. The Morgan fingerprint density at radius 3 is 2.85 bits per heavy atom. The van der Waals surface area contributed by atoms with Crippen molar-refractivity contribution >= 4 is 23.1 Å². The Balaban J connectivity index is 2.69. The summed E-state index contributed by atoms with van der Waals surface area (Å²) in [6.07, 6.45) is 2.16. The minimum Gasteiger partial charge on any atom is -0.309 e. The topological polar surface area (TPSA) is 12.0 Å². The fraction of sp³-hybridized carbons (Fsp3) is 0.600. The maximum atomic E-state index is 3.52. The van der Waals surface area contributed by atoms with E-state index in [9.17, 15) is 0 Å². The molecule has 0 saturated heterocycles. The first-order valence-electron chi connectivity index (χ1n) is 4.56. The van der Waals surface area contributed by atoms with E-state index in [0.29, 0.717) is 6.04 Å². The Labute approximate surface area is 88.9 Å². The molecule has 1 nitrogen and oxygen atoms in total. The molecule has 1 unspecified atom stereocenters. The van der Waals surface area contributed by atoms with E-state index in [4.69, 9.17) is 0 Å². The second kappa shape index (κ2) is 5.68. The first kappa shape index (κ1) is 11.1. The maximum Gasteiger partial charge on any atom is 0.0509 e. The van der Waals surface area contributed by atoms with Crippen molar-refractivity contribution in [3.63, 3.8) is 0 Å². The second-order valence-electron chi connectivity index (χ2n) is 3.03. The van der Waals surface area contributed by atoms with Crippen molar-refractivity contribution < 1.29 is 0 Å². The highest BCUT2D eigenvalue weighted by Crippen LogP contribution is 2.25. The Kier molecular flexibility index (Phi) is 4.84. The zero-order valence-electron chi connectivity index (χ0n) is 8.46. The van der Waals surface area contributed by atoms with Gasteiger partial charge >= 0.3 is 0 Å². The SMILES string of the molecule is CCNC(CSC)c1sccc1C. The number of hydrogen-bond donors (Lipinski definition) is 1. The monoisotopic (exact) mass is 215 g/mol. The Hall–Kier alpha value is 0.0100. The summed E-state index contributed by atoms with van der Waals surface area (Å²) in [6, 6.07) is 2.74. The summed E-state index contributed by atoms with van der Waals surface area (Å²) in [7, 11) is 0.